The number of thiophene rings is 2. The van der Waals surface area contributed by atoms with Crippen molar-refractivity contribution in [1.29, 1.82) is 0 Å². The van der Waals surface area contributed by atoms with E-state index < -0.39 is 0 Å². The van der Waals surface area contributed by atoms with E-state index in [0.717, 1.165) is 11.8 Å². The Morgan fingerprint density at radius 3 is 2.00 bits per heavy atom. The molecule has 5 aromatic rings. The lowest BCUT2D eigenvalue weighted by Crippen LogP contribution is -2.08. The molecular formula is C19H12BBrS2. The summed E-state index contributed by atoms with van der Waals surface area (Å²) >= 11 is 7.45. The minimum Gasteiger partial charge on any atom is -0.134 e. The topological polar surface area (TPSA) is 0 Å². The zero-order chi connectivity index (χ0) is 15.6. The van der Waals surface area contributed by atoms with Crippen molar-refractivity contribution in [2.75, 3.05) is 0 Å². The van der Waals surface area contributed by atoms with Crippen LogP contribution in [0, 0.1) is 0 Å². The summed E-state index contributed by atoms with van der Waals surface area (Å²) in [6.45, 7) is 2.22. The lowest BCUT2D eigenvalue weighted by molar-refractivity contribution is 1.77. The van der Waals surface area contributed by atoms with Crippen LogP contribution in [0.1, 0.15) is 0 Å². The molecule has 23 heavy (non-hydrogen) atoms. The van der Waals surface area contributed by atoms with E-state index in [2.05, 4.69) is 71.3 Å². The smallest absolute Gasteiger partial charge is 0.134 e. The third kappa shape index (κ3) is 2.02. The van der Waals surface area contributed by atoms with E-state index >= 15 is 0 Å². The summed E-state index contributed by atoms with van der Waals surface area (Å²) in [4.78, 5) is 0. The van der Waals surface area contributed by atoms with Crippen LogP contribution in [-0.4, -0.2) is 7.28 Å². The maximum atomic E-state index is 3.60. The molecule has 0 aliphatic rings. The number of rotatable bonds is 1. The lowest BCUT2D eigenvalue weighted by atomic mass is 9.73. The van der Waals surface area contributed by atoms with Crippen molar-refractivity contribution in [3.63, 3.8) is 0 Å². The van der Waals surface area contributed by atoms with E-state index in [0.29, 0.717) is 0 Å². The number of benzene rings is 3. The summed E-state index contributed by atoms with van der Waals surface area (Å²) in [6, 6.07) is 18.1. The first-order chi connectivity index (χ1) is 11.2. The van der Waals surface area contributed by atoms with Gasteiger partial charge in [0.1, 0.15) is 0 Å². The van der Waals surface area contributed by atoms with Crippen LogP contribution in [0.25, 0.3) is 40.3 Å². The molecular weight excluding hydrogens is 383 g/mol. The van der Waals surface area contributed by atoms with Crippen LogP contribution in [0.15, 0.2) is 53.0 Å². The second kappa shape index (κ2) is 5.07. The molecule has 4 heteroatoms. The average molecular weight is 395 g/mol. The van der Waals surface area contributed by atoms with Crippen molar-refractivity contribution >= 4 is 91.7 Å². The van der Waals surface area contributed by atoms with Crippen LogP contribution in [0.2, 0.25) is 6.82 Å². The van der Waals surface area contributed by atoms with Crippen LogP contribution >= 0.6 is 38.6 Å². The molecule has 0 radical (unpaired) electrons. The standard InChI is InChI=1S/C19H12BBrS2/c1-20-10-2-6-16-14(8-10)12-4-5-13-15-9-11(21)3-7-17(15)23-19(13)18(12)22-16/h2-9,20H,1H3. The average Bonchev–Trinajstić information content (AvgIpc) is 3.12. The van der Waals surface area contributed by atoms with Crippen molar-refractivity contribution in [2.45, 2.75) is 6.82 Å². The first-order valence-corrected chi connectivity index (χ1v) is 10.1. The highest BCUT2D eigenvalue weighted by Gasteiger charge is 2.13. The van der Waals surface area contributed by atoms with Crippen LogP contribution < -0.4 is 5.46 Å². The minimum absolute atomic E-state index is 1.09. The third-order valence-electron chi connectivity index (χ3n) is 4.51. The quantitative estimate of drug-likeness (QED) is 0.293. The second-order valence-electron chi connectivity index (χ2n) is 5.85. The van der Waals surface area contributed by atoms with Crippen LogP contribution in [0.4, 0.5) is 0 Å². The van der Waals surface area contributed by atoms with Gasteiger partial charge in [0.2, 0.25) is 0 Å². The van der Waals surface area contributed by atoms with Crippen LogP contribution in [0.3, 0.4) is 0 Å². The van der Waals surface area contributed by atoms with Gasteiger partial charge in [-0.05, 0) is 29.7 Å². The fraction of sp³-hybridized carbons (Fsp3) is 0.0526. The van der Waals surface area contributed by atoms with Crippen molar-refractivity contribution in [3.8, 4) is 0 Å². The molecule has 2 aromatic heterocycles. The van der Waals surface area contributed by atoms with Crippen LogP contribution in [0.5, 0.6) is 0 Å². The second-order valence-corrected chi connectivity index (χ2v) is 8.87. The van der Waals surface area contributed by atoms with Gasteiger partial charge in [-0.1, -0.05) is 52.5 Å². The number of fused-ring (bicyclic) bond motifs is 7. The Balaban J connectivity index is 1.97. The van der Waals surface area contributed by atoms with Gasteiger partial charge in [0, 0.05) is 30.0 Å². The molecule has 0 atom stereocenters. The molecule has 0 aliphatic carbocycles. The van der Waals surface area contributed by atoms with Gasteiger partial charge < -0.3 is 0 Å². The van der Waals surface area contributed by atoms with Gasteiger partial charge in [-0.3, -0.25) is 0 Å². The molecule has 0 amide bonds. The predicted octanol–water partition coefficient (Wildman–Crippen LogP) is 6.29. The first kappa shape index (κ1) is 14.0. The maximum Gasteiger partial charge on any atom is 0.154 e. The summed E-state index contributed by atoms with van der Waals surface area (Å²) in [5.41, 5.74) is 1.41. The molecule has 0 saturated heterocycles. The minimum atomic E-state index is 1.09. The maximum absolute atomic E-state index is 3.60. The number of halogens is 1. The molecule has 3 aromatic carbocycles. The monoisotopic (exact) mass is 394 g/mol. The summed E-state index contributed by atoms with van der Waals surface area (Å²) < 4.78 is 6.76. The Hall–Kier alpha value is -1.36. The summed E-state index contributed by atoms with van der Waals surface area (Å²) in [6.07, 6.45) is 0. The molecule has 2 heterocycles. The summed E-state index contributed by atoms with van der Waals surface area (Å²) in [7, 11) is 1.09. The Morgan fingerprint density at radius 2 is 1.35 bits per heavy atom. The van der Waals surface area contributed by atoms with Gasteiger partial charge >= 0.3 is 0 Å². The first-order valence-electron chi connectivity index (χ1n) is 7.70. The van der Waals surface area contributed by atoms with E-state index in [1.165, 1.54) is 45.8 Å². The van der Waals surface area contributed by atoms with Crippen molar-refractivity contribution < 1.29 is 0 Å². The molecule has 0 N–H and O–H groups in total. The number of hydrogen-bond acceptors (Lipinski definition) is 2. The van der Waals surface area contributed by atoms with E-state index in [1.807, 2.05) is 22.7 Å². The zero-order valence-corrected chi connectivity index (χ0v) is 15.7. The van der Waals surface area contributed by atoms with Gasteiger partial charge in [0.15, 0.2) is 7.28 Å². The van der Waals surface area contributed by atoms with Crippen LogP contribution in [-0.2, 0) is 0 Å². The largest absolute Gasteiger partial charge is 0.154 e. The molecule has 0 unspecified atom stereocenters. The van der Waals surface area contributed by atoms with Crippen molar-refractivity contribution in [2.24, 2.45) is 0 Å². The van der Waals surface area contributed by atoms with E-state index in [-0.39, 0.29) is 0 Å². The van der Waals surface area contributed by atoms with Crippen molar-refractivity contribution in [1.82, 2.24) is 0 Å². The number of hydrogen-bond donors (Lipinski definition) is 0. The van der Waals surface area contributed by atoms with Crippen molar-refractivity contribution in [3.05, 3.63) is 53.0 Å². The highest BCUT2D eigenvalue weighted by molar-refractivity contribution is 9.10. The lowest BCUT2D eigenvalue weighted by Gasteiger charge is -1.97. The normalized spacial score (nSPS) is 11.9. The van der Waals surface area contributed by atoms with Gasteiger partial charge in [-0.15, -0.1) is 22.7 Å². The highest BCUT2D eigenvalue weighted by Crippen LogP contribution is 2.44. The Kier molecular flexibility index (Phi) is 3.09. The fourth-order valence-electron chi connectivity index (χ4n) is 3.31. The molecule has 0 spiro atoms. The van der Waals surface area contributed by atoms with E-state index in [9.17, 15) is 0 Å². The fourth-order valence-corrected chi connectivity index (χ4v) is 6.17. The van der Waals surface area contributed by atoms with Gasteiger partial charge in [-0.2, -0.15) is 0 Å². The Bertz CT molecular complexity index is 1220. The SMILES string of the molecule is CBc1ccc2sc3c(ccc4c5cc(Br)ccc5sc43)c2c1. The predicted molar refractivity (Wildman–Crippen MR) is 113 cm³/mol. The van der Waals surface area contributed by atoms with Gasteiger partial charge in [-0.25, -0.2) is 0 Å². The van der Waals surface area contributed by atoms with Gasteiger partial charge in [0.25, 0.3) is 0 Å². The van der Waals surface area contributed by atoms with E-state index in [1.54, 1.807) is 0 Å². The molecule has 5 rings (SSSR count). The van der Waals surface area contributed by atoms with Gasteiger partial charge in [0.05, 0.1) is 9.40 Å². The molecule has 0 saturated carbocycles. The Morgan fingerprint density at radius 1 is 0.739 bits per heavy atom. The molecule has 0 fully saturated rings. The molecule has 110 valence electrons. The third-order valence-corrected chi connectivity index (χ3v) is 7.54. The molecule has 0 aliphatic heterocycles. The summed E-state index contributed by atoms with van der Waals surface area (Å²) in [5.74, 6) is 0. The van der Waals surface area contributed by atoms with E-state index in [4.69, 9.17) is 0 Å². The Labute approximate surface area is 151 Å². The molecule has 0 bridgehead atoms. The zero-order valence-electron chi connectivity index (χ0n) is 12.5. The highest BCUT2D eigenvalue weighted by atomic mass is 79.9. The summed E-state index contributed by atoms with van der Waals surface area (Å²) in [5, 5.41) is 5.54. The molecule has 0 nitrogen and oxygen atoms in total.